The molecule has 1 unspecified atom stereocenters. The second-order valence-electron chi connectivity index (χ2n) is 7.18. The van der Waals surface area contributed by atoms with Crippen LogP contribution >= 0.6 is 11.3 Å². The van der Waals surface area contributed by atoms with Crippen molar-refractivity contribution in [1.29, 1.82) is 0 Å². The van der Waals surface area contributed by atoms with Crippen LogP contribution in [0.4, 0.5) is 5.00 Å². The minimum atomic E-state index is -3.76. The molecule has 4 N–H and O–H groups in total. The number of benzene rings is 1. The third kappa shape index (κ3) is 4.26. The summed E-state index contributed by atoms with van der Waals surface area (Å²) in [7, 11) is -3.76. The van der Waals surface area contributed by atoms with Gasteiger partial charge in [-0.25, -0.2) is 8.42 Å². The summed E-state index contributed by atoms with van der Waals surface area (Å²) in [6.07, 6.45) is 0.704. The van der Waals surface area contributed by atoms with E-state index in [1.54, 1.807) is 18.2 Å². The van der Waals surface area contributed by atoms with Crippen LogP contribution in [0, 0.1) is 0 Å². The van der Waals surface area contributed by atoms with E-state index in [1.165, 1.54) is 28.4 Å². The normalized spacial score (nSPS) is 16.6. The fourth-order valence-corrected chi connectivity index (χ4v) is 5.87. The van der Waals surface area contributed by atoms with Gasteiger partial charge < -0.3 is 16.0 Å². The standard InChI is InChI=1S/C19H23N3O4S2/c1-12(2)22-9-8-14-15(10-22)27-19(17(14)18(20)24)21-16(23)11-28(25,26)13-6-4-3-5-7-13/h3-7,12H,8-11H2,1-2H3,(H2,20,24)(H,21,23)/p+1. The predicted molar refractivity (Wildman–Crippen MR) is 108 cm³/mol. The first-order chi connectivity index (χ1) is 13.2. The lowest BCUT2D eigenvalue weighted by molar-refractivity contribution is -0.936. The molecule has 0 saturated carbocycles. The number of fused-ring (bicyclic) bond motifs is 1. The Balaban J connectivity index is 1.82. The Morgan fingerprint density at radius 2 is 1.93 bits per heavy atom. The number of hydrogen-bond donors (Lipinski definition) is 3. The Kier molecular flexibility index (Phi) is 5.87. The van der Waals surface area contributed by atoms with Gasteiger partial charge in [0.2, 0.25) is 5.91 Å². The summed E-state index contributed by atoms with van der Waals surface area (Å²) >= 11 is 1.31. The van der Waals surface area contributed by atoms with Crippen LogP contribution < -0.4 is 16.0 Å². The lowest BCUT2D eigenvalue weighted by Gasteiger charge is -2.27. The molecule has 2 amide bonds. The summed E-state index contributed by atoms with van der Waals surface area (Å²) in [6, 6.07) is 8.26. The highest BCUT2D eigenvalue weighted by molar-refractivity contribution is 7.92. The molecule has 150 valence electrons. The molecule has 0 spiro atoms. The summed E-state index contributed by atoms with van der Waals surface area (Å²) in [5.41, 5.74) is 6.75. The maximum absolute atomic E-state index is 12.4. The van der Waals surface area contributed by atoms with Gasteiger partial charge in [-0.15, -0.1) is 11.3 Å². The van der Waals surface area contributed by atoms with Crippen LogP contribution in [0.2, 0.25) is 0 Å². The predicted octanol–water partition coefficient (Wildman–Crippen LogP) is 0.609. The van der Waals surface area contributed by atoms with Gasteiger partial charge in [-0.1, -0.05) is 18.2 Å². The van der Waals surface area contributed by atoms with E-state index in [2.05, 4.69) is 19.2 Å². The van der Waals surface area contributed by atoms with E-state index in [-0.39, 0.29) is 4.90 Å². The lowest BCUT2D eigenvalue weighted by atomic mass is 10.0. The molecule has 28 heavy (non-hydrogen) atoms. The molecule has 9 heteroatoms. The highest BCUT2D eigenvalue weighted by atomic mass is 32.2. The number of carbonyl (C=O) groups excluding carboxylic acids is 2. The molecular weight excluding hydrogens is 398 g/mol. The van der Waals surface area contributed by atoms with Gasteiger partial charge in [-0.3, -0.25) is 9.59 Å². The second kappa shape index (κ2) is 8.02. The number of amides is 2. The molecule has 0 fully saturated rings. The number of nitrogens with two attached hydrogens (primary N) is 1. The first kappa shape index (κ1) is 20.5. The van der Waals surface area contributed by atoms with Crippen molar-refractivity contribution in [3.05, 3.63) is 46.3 Å². The zero-order valence-corrected chi connectivity index (χ0v) is 17.5. The number of quaternary nitrogens is 1. The van der Waals surface area contributed by atoms with E-state index in [9.17, 15) is 18.0 Å². The third-order valence-electron chi connectivity index (χ3n) is 4.91. The van der Waals surface area contributed by atoms with Crippen molar-refractivity contribution in [2.75, 3.05) is 17.6 Å². The van der Waals surface area contributed by atoms with Gasteiger partial charge in [-0.2, -0.15) is 0 Å². The van der Waals surface area contributed by atoms with Crippen LogP contribution in [-0.4, -0.2) is 38.6 Å². The molecule has 7 nitrogen and oxygen atoms in total. The quantitative estimate of drug-likeness (QED) is 0.633. The van der Waals surface area contributed by atoms with Crippen LogP contribution in [-0.2, 0) is 27.6 Å². The van der Waals surface area contributed by atoms with E-state index in [4.69, 9.17) is 5.73 Å². The summed E-state index contributed by atoms with van der Waals surface area (Å²) in [6.45, 7) is 5.92. The van der Waals surface area contributed by atoms with Crippen LogP contribution in [0.15, 0.2) is 35.2 Å². The molecule has 1 aliphatic rings. The van der Waals surface area contributed by atoms with Crippen molar-refractivity contribution in [3.8, 4) is 0 Å². The zero-order chi connectivity index (χ0) is 20.5. The van der Waals surface area contributed by atoms with Crippen LogP contribution in [0.3, 0.4) is 0 Å². The van der Waals surface area contributed by atoms with Gasteiger partial charge in [0.1, 0.15) is 17.3 Å². The first-order valence-corrected chi connectivity index (χ1v) is 11.5. The molecule has 0 aliphatic carbocycles. The van der Waals surface area contributed by atoms with Crippen molar-refractivity contribution in [1.82, 2.24) is 0 Å². The Labute approximate surface area is 168 Å². The molecule has 1 aliphatic heterocycles. The highest BCUT2D eigenvalue weighted by Crippen LogP contribution is 2.34. The number of sulfone groups is 1. The molecule has 1 aromatic carbocycles. The maximum Gasteiger partial charge on any atom is 0.252 e. The molecule has 1 aromatic heterocycles. The summed E-state index contributed by atoms with van der Waals surface area (Å²) in [4.78, 5) is 26.9. The smallest absolute Gasteiger partial charge is 0.252 e. The van der Waals surface area contributed by atoms with Crippen molar-refractivity contribution in [2.24, 2.45) is 5.73 Å². The molecule has 0 radical (unpaired) electrons. The van der Waals surface area contributed by atoms with Gasteiger partial charge in [-0.05, 0) is 31.5 Å². The largest absolute Gasteiger partial charge is 0.365 e. The van der Waals surface area contributed by atoms with Gasteiger partial charge in [0.25, 0.3) is 5.91 Å². The molecule has 1 atom stereocenters. The zero-order valence-electron chi connectivity index (χ0n) is 15.8. The molecule has 3 rings (SSSR count). The van der Waals surface area contributed by atoms with Crippen molar-refractivity contribution in [3.63, 3.8) is 0 Å². The Morgan fingerprint density at radius 1 is 1.25 bits per heavy atom. The Hall–Kier alpha value is -2.23. The fraction of sp³-hybridized carbons (Fsp3) is 0.368. The number of nitrogens with one attached hydrogen (secondary N) is 2. The van der Waals surface area contributed by atoms with Crippen LogP contribution in [0.25, 0.3) is 0 Å². The molecule has 2 aromatic rings. The van der Waals surface area contributed by atoms with Gasteiger partial charge in [0.15, 0.2) is 9.84 Å². The molecule has 0 saturated heterocycles. The average Bonchev–Trinajstić information content (AvgIpc) is 2.98. The minimum absolute atomic E-state index is 0.0851. The van der Waals surface area contributed by atoms with Crippen molar-refractivity contribution in [2.45, 2.75) is 37.8 Å². The fourth-order valence-electron chi connectivity index (χ4n) is 3.39. The van der Waals surface area contributed by atoms with Crippen LogP contribution in [0.1, 0.15) is 34.6 Å². The second-order valence-corrected chi connectivity index (χ2v) is 10.3. The Morgan fingerprint density at radius 3 is 2.54 bits per heavy atom. The van der Waals surface area contributed by atoms with E-state index in [0.29, 0.717) is 23.0 Å². The minimum Gasteiger partial charge on any atom is -0.365 e. The summed E-state index contributed by atoms with van der Waals surface area (Å²) in [5, 5.41) is 2.95. The summed E-state index contributed by atoms with van der Waals surface area (Å²) < 4.78 is 24.8. The monoisotopic (exact) mass is 422 g/mol. The topological polar surface area (TPSA) is 111 Å². The number of primary amides is 1. The molecule has 2 heterocycles. The number of carbonyl (C=O) groups is 2. The van der Waals surface area contributed by atoms with Gasteiger partial charge >= 0.3 is 0 Å². The third-order valence-corrected chi connectivity index (χ3v) is 7.69. The Bertz CT molecular complexity index is 998. The van der Waals surface area contributed by atoms with E-state index in [0.717, 1.165) is 23.5 Å². The van der Waals surface area contributed by atoms with Crippen LogP contribution in [0.5, 0.6) is 0 Å². The number of hydrogen-bond acceptors (Lipinski definition) is 5. The number of anilines is 1. The summed E-state index contributed by atoms with van der Waals surface area (Å²) in [5.74, 6) is -1.98. The maximum atomic E-state index is 12.4. The average molecular weight is 423 g/mol. The van der Waals surface area contributed by atoms with E-state index < -0.39 is 27.4 Å². The first-order valence-electron chi connectivity index (χ1n) is 9.05. The van der Waals surface area contributed by atoms with Crippen molar-refractivity contribution >= 4 is 38.0 Å². The SMILES string of the molecule is CC(C)[NH+]1CCc2c(sc(NC(=O)CS(=O)(=O)c3ccccc3)c2C(N)=O)C1. The number of rotatable bonds is 6. The van der Waals surface area contributed by atoms with Gasteiger partial charge in [0, 0.05) is 6.42 Å². The lowest BCUT2D eigenvalue weighted by Crippen LogP contribution is -3.14. The highest BCUT2D eigenvalue weighted by Gasteiger charge is 2.31. The van der Waals surface area contributed by atoms with E-state index >= 15 is 0 Å². The number of thiophene rings is 1. The molecule has 0 bridgehead atoms. The van der Waals surface area contributed by atoms with Gasteiger partial charge in [0.05, 0.1) is 27.9 Å². The van der Waals surface area contributed by atoms with Crippen molar-refractivity contribution < 1.29 is 22.9 Å². The van der Waals surface area contributed by atoms with E-state index in [1.807, 2.05) is 0 Å². The molecular formula is C19H24N3O4S2+.